The van der Waals surface area contributed by atoms with E-state index in [0.29, 0.717) is 12.8 Å². The average molecular weight is 366 g/mol. The average Bonchev–Trinajstić information content (AvgIpc) is 2.74. The molecule has 1 aliphatic carbocycles. The molecule has 4 nitrogen and oxygen atoms in total. The Morgan fingerprint density at radius 1 is 1.27 bits per heavy atom. The molecule has 1 saturated heterocycles. The molecule has 0 aromatic heterocycles. The maximum Gasteiger partial charge on any atom is 0.236 e. The van der Waals surface area contributed by atoms with Crippen LogP contribution in [0.1, 0.15) is 42.7 Å². The second kappa shape index (κ2) is 5.78. The third-order valence-electron chi connectivity index (χ3n) is 4.94. The molecule has 1 saturated carbocycles. The van der Waals surface area contributed by atoms with E-state index in [1.807, 2.05) is 25.1 Å². The summed E-state index contributed by atoms with van der Waals surface area (Å²) in [6, 6.07) is 5.79. The van der Waals surface area contributed by atoms with Crippen molar-refractivity contribution in [2.45, 2.75) is 50.2 Å². The molecule has 2 fully saturated rings. The van der Waals surface area contributed by atoms with Gasteiger partial charge in [0, 0.05) is 11.6 Å². The Kier molecular flexibility index (Phi) is 4.12. The fraction of sp³-hybridized carbons (Fsp3) is 0.529. The quantitative estimate of drug-likeness (QED) is 0.819. The van der Waals surface area contributed by atoms with Gasteiger partial charge < -0.3 is 10.1 Å². The minimum absolute atomic E-state index is 0.0124. The van der Waals surface area contributed by atoms with Crippen molar-refractivity contribution in [3.63, 3.8) is 0 Å². The van der Waals surface area contributed by atoms with Crippen LogP contribution in [0.25, 0.3) is 0 Å². The van der Waals surface area contributed by atoms with Gasteiger partial charge in [-0.3, -0.25) is 9.59 Å². The van der Waals surface area contributed by atoms with Gasteiger partial charge in [-0.15, -0.1) is 0 Å². The van der Waals surface area contributed by atoms with Crippen molar-refractivity contribution in [3.8, 4) is 0 Å². The summed E-state index contributed by atoms with van der Waals surface area (Å²) in [7, 11) is 1.70. The molecule has 118 valence electrons. The molecule has 0 radical (unpaired) electrons. The van der Waals surface area contributed by atoms with E-state index in [1.165, 1.54) is 0 Å². The predicted octanol–water partition coefficient (Wildman–Crippen LogP) is 2.87. The first kappa shape index (κ1) is 15.7. The molecule has 5 heteroatoms. The van der Waals surface area contributed by atoms with Crippen LogP contribution in [0, 0.1) is 6.92 Å². The zero-order chi connectivity index (χ0) is 15.9. The lowest BCUT2D eigenvalue weighted by atomic mass is 9.76. The van der Waals surface area contributed by atoms with Gasteiger partial charge in [0.2, 0.25) is 5.91 Å². The maximum atomic E-state index is 13.0. The Morgan fingerprint density at radius 3 is 2.59 bits per heavy atom. The lowest BCUT2D eigenvalue weighted by molar-refractivity contribution is -0.126. The number of ketones is 1. The first-order valence-electron chi connectivity index (χ1n) is 7.62. The molecule has 1 heterocycles. The van der Waals surface area contributed by atoms with E-state index in [-0.39, 0.29) is 17.8 Å². The molecular formula is C17H20BrNO3. The van der Waals surface area contributed by atoms with Crippen LogP contribution in [0.15, 0.2) is 22.7 Å². The summed E-state index contributed by atoms with van der Waals surface area (Å²) in [5.41, 5.74) is 1.12. The molecular weight excluding hydrogens is 346 g/mol. The highest BCUT2D eigenvalue weighted by Gasteiger charge is 2.54. The van der Waals surface area contributed by atoms with Crippen molar-refractivity contribution in [2.75, 3.05) is 7.11 Å². The number of benzene rings is 1. The Hall–Kier alpha value is -1.20. The van der Waals surface area contributed by atoms with Crippen molar-refractivity contribution < 1.29 is 14.3 Å². The van der Waals surface area contributed by atoms with Crippen LogP contribution in [0.4, 0.5) is 0 Å². The molecule has 2 aliphatic rings. The van der Waals surface area contributed by atoms with Gasteiger partial charge in [0.15, 0.2) is 5.78 Å². The standard InChI is InChI=1S/C17H20BrNO3/c1-10-3-4-13(18)12(9-10)14-15(20)17(19-16(14)21)7-5-11(22-2)6-8-17/h3-4,9,11,14H,5-8H2,1-2H3,(H,19,21). The summed E-state index contributed by atoms with van der Waals surface area (Å²) in [5, 5.41) is 2.99. The van der Waals surface area contributed by atoms with E-state index in [9.17, 15) is 9.59 Å². The number of carbonyl (C=O) groups is 2. The van der Waals surface area contributed by atoms with Crippen LogP contribution in [0.5, 0.6) is 0 Å². The molecule has 1 aliphatic heterocycles. The highest BCUT2D eigenvalue weighted by atomic mass is 79.9. The van der Waals surface area contributed by atoms with Gasteiger partial charge in [0.25, 0.3) is 0 Å². The number of ether oxygens (including phenoxy) is 1. The third kappa shape index (κ3) is 2.50. The summed E-state index contributed by atoms with van der Waals surface area (Å²) in [6.45, 7) is 1.97. The van der Waals surface area contributed by atoms with Crippen molar-refractivity contribution in [1.29, 1.82) is 0 Å². The van der Waals surface area contributed by atoms with E-state index in [2.05, 4.69) is 21.2 Å². The first-order chi connectivity index (χ1) is 10.5. The second-order valence-electron chi connectivity index (χ2n) is 6.33. The number of hydrogen-bond acceptors (Lipinski definition) is 3. The minimum atomic E-state index is -0.701. The molecule has 1 atom stereocenters. The van der Waals surface area contributed by atoms with E-state index < -0.39 is 11.5 Å². The molecule has 3 rings (SSSR count). The van der Waals surface area contributed by atoms with Crippen LogP contribution in [-0.4, -0.2) is 30.4 Å². The minimum Gasteiger partial charge on any atom is -0.381 e. The number of Topliss-reactive ketones (excluding diaryl/α,β-unsaturated/α-hetero) is 1. The van der Waals surface area contributed by atoms with Crippen LogP contribution in [-0.2, 0) is 14.3 Å². The number of carbonyl (C=O) groups excluding carboxylic acids is 2. The Bertz CT molecular complexity index is 620. The SMILES string of the molecule is COC1CCC2(CC1)NC(=O)C(c1cc(C)ccc1Br)C2=O. The van der Waals surface area contributed by atoms with Gasteiger partial charge in [-0.25, -0.2) is 0 Å². The smallest absolute Gasteiger partial charge is 0.236 e. The third-order valence-corrected chi connectivity index (χ3v) is 5.66. The van der Waals surface area contributed by atoms with E-state index in [4.69, 9.17) is 4.74 Å². The van der Waals surface area contributed by atoms with Gasteiger partial charge in [-0.2, -0.15) is 0 Å². The number of aryl methyl sites for hydroxylation is 1. The van der Waals surface area contributed by atoms with Crippen LogP contribution >= 0.6 is 15.9 Å². The molecule has 1 amide bonds. The second-order valence-corrected chi connectivity index (χ2v) is 7.18. The van der Waals surface area contributed by atoms with E-state index in [0.717, 1.165) is 28.4 Å². The first-order valence-corrected chi connectivity index (χ1v) is 8.41. The Balaban J connectivity index is 1.91. The summed E-state index contributed by atoms with van der Waals surface area (Å²) in [6.07, 6.45) is 3.14. The molecule has 1 aromatic carbocycles. The number of rotatable bonds is 2. The van der Waals surface area contributed by atoms with Gasteiger partial charge in [-0.05, 0) is 44.2 Å². The zero-order valence-electron chi connectivity index (χ0n) is 12.8. The predicted molar refractivity (Wildman–Crippen MR) is 86.8 cm³/mol. The van der Waals surface area contributed by atoms with Crippen molar-refractivity contribution in [3.05, 3.63) is 33.8 Å². The molecule has 22 heavy (non-hydrogen) atoms. The highest BCUT2D eigenvalue weighted by Crippen LogP contribution is 2.41. The highest BCUT2D eigenvalue weighted by molar-refractivity contribution is 9.10. The number of halogens is 1. The summed E-state index contributed by atoms with van der Waals surface area (Å²) >= 11 is 3.48. The number of hydrogen-bond donors (Lipinski definition) is 1. The van der Waals surface area contributed by atoms with Crippen molar-refractivity contribution >= 4 is 27.6 Å². The topological polar surface area (TPSA) is 55.4 Å². The van der Waals surface area contributed by atoms with Crippen LogP contribution in [0.2, 0.25) is 0 Å². The number of methoxy groups -OCH3 is 1. The van der Waals surface area contributed by atoms with Gasteiger partial charge in [0.05, 0.1) is 11.6 Å². The maximum absolute atomic E-state index is 13.0. The lowest BCUT2D eigenvalue weighted by Crippen LogP contribution is -2.50. The van der Waals surface area contributed by atoms with Crippen molar-refractivity contribution in [2.24, 2.45) is 0 Å². The summed E-state index contributed by atoms with van der Waals surface area (Å²) in [5.74, 6) is -0.862. The summed E-state index contributed by atoms with van der Waals surface area (Å²) in [4.78, 5) is 25.5. The molecule has 1 N–H and O–H groups in total. The fourth-order valence-electron chi connectivity index (χ4n) is 3.62. The lowest BCUT2D eigenvalue weighted by Gasteiger charge is -2.35. The largest absolute Gasteiger partial charge is 0.381 e. The van der Waals surface area contributed by atoms with Gasteiger partial charge in [0.1, 0.15) is 5.92 Å². The van der Waals surface area contributed by atoms with E-state index in [1.54, 1.807) is 7.11 Å². The van der Waals surface area contributed by atoms with Crippen molar-refractivity contribution in [1.82, 2.24) is 5.32 Å². The molecule has 1 spiro atoms. The Morgan fingerprint density at radius 2 is 1.95 bits per heavy atom. The van der Waals surface area contributed by atoms with Crippen LogP contribution in [0.3, 0.4) is 0 Å². The molecule has 0 bridgehead atoms. The monoisotopic (exact) mass is 365 g/mol. The fourth-order valence-corrected chi connectivity index (χ4v) is 4.10. The normalized spacial score (nSPS) is 31.6. The zero-order valence-corrected chi connectivity index (χ0v) is 14.4. The Labute approximate surface area is 138 Å². The van der Waals surface area contributed by atoms with Gasteiger partial charge in [-0.1, -0.05) is 33.6 Å². The van der Waals surface area contributed by atoms with Crippen LogP contribution < -0.4 is 5.32 Å². The number of nitrogens with one attached hydrogen (secondary N) is 1. The molecule has 1 aromatic rings. The van der Waals surface area contributed by atoms with E-state index >= 15 is 0 Å². The molecule has 1 unspecified atom stereocenters. The van der Waals surface area contributed by atoms with Gasteiger partial charge >= 0.3 is 0 Å². The summed E-state index contributed by atoms with van der Waals surface area (Å²) < 4.78 is 6.18. The number of amides is 1.